The van der Waals surface area contributed by atoms with Crippen LogP contribution in [-0.4, -0.2) is 53.3 Å². The smallest absolute Gasteiger partial charge is 0.305 e. The molecule has 2 aromatic carbocycles. The number of aryl methyl sites for hydroxylation is 2. The van der Waals surface area contributed by atoms with E-state index in [0.717, 1.165) is 48.1 Å². The van der Waals surface area contributed by atoms with E-state index in [1.54, 1.807) is 24.3 Å². The highest BCUT2D eigenvalue weighted by Crippen LogP contribution is 2.29. The van der Waals surface area contributed by atoms with Crippen LogP contribution in [0.5, 0.6) is 0 Å². The highest BCUT2D eigenvalue weighted by Gasteiger charge is 2.35. The summed E-state index contributed by atoms with van der Waals surface area (Å²) in [5.74, 6) is -2.61. The largest absolute Gasteiger partial charge is 0.481 e. The summed E-state index contributed by atoms with van der Waals surface area (Å²) in [6.45, 7) is 2.15. The number of carboxylic acids is 1. The van der Waals surface area contributed by atoms with Gasteiger partial charge in [0.05, 0.1) is 17.7 Å². The number of carboxylic acid groups (broad SMARTS) is 1. The van der Waals surface area contributed by atoms with Crippen molar-refractivity contribution in [3.8, 4) is 0 Å². The predicted molar refractivity (Wildman–Crippen MR) is 129 cm³/mol. The van der Waals surface area contributed by atoms with E-state index < -0.39 is 23.7 Å². The van der Waals surface area contributed by atoms with Crippen molar-refractivity contribution in [1.82, 2.24) is 4.90 Å². The Morgan fingerprint density at radius 3 is 2.35 bits per heavy atom. The minimum Gasteiger partial charge on any atom is -0.481 e. The molecule has 0 atom stereocenters. The Labute approximate surface area is 199 Å². The molecule has 0 bridgehead atoms. The molecule has 0 aromatic heterocycles. The number of hydrogen-bond donors (Lipinski definition) is 2. The zero-order valence-corrected chi connectivity index (χ0v) is 19.5. The number of hydrogen-bond acceptors (Lipinski definition) is 5. The highest BCUT2D eigenvalue weighted by molar-refractivity contribution is 6.25. The van der Waals surface area contributed by atoms with Crippen LogP contribution in [0.15, 0.2) is 42.5 Å². The van der Waals surface area contributed by atoms with E-state index in [4.69, 9.17) is 10.8 Å². The van der Waals surface area contributed by atoms with Crippen LogP contribution < -0.4 is 10.6 Å². The molecule has 1 heterocycles. The molecule has 0 unspecified atom stereocenters. The van der Waals surface area contributed by atoms with Gasteiger partial charge in [0.25, 0.3) is 17.7 Å². The van der Waals surface area contributed by atoms with Gasteiger partial charge in [0.15, 0.2) is 0 Å². The van der Waals surface area contributed by atoms with Crippen molar-refractivity contribution in [2.45, 2.75) is 45.4 Å². The van der Waals surface area contributed by atoms with Gasteiger partial charge in [-0.2, -0.15) is 0 Å². The minimum atomic E-state index is -1.07. The maximum Gasteiger partial charge on any atom is 0.305 e. The van der Waals surface area contributed by atoms with Crippen LogP contribution in [0.3, 0.4) is 0 Å². The fraction of sp³-hybridized carbons (Fsp3) is 0.385. The third-order valence-electron chi connectivity index (χ3n) is 5.97. The molecule has 0 saturated carbocycles. The monoisotopic (exact) mass is 465 g/mol. The molecule has 3 amide bonds. The van der Waals surface area contributed by atoms with Crippen molar-refractivity contribution in [3.63, 3.8) is 0 Å². The fourth-order valence-corrected chi connectivity index (χ4v) is 4.01. The van der Waals surface area contributed by atoms with Crippen molar-refractivity contribution in [2.24, 2.45) is 5.73 Å². The van der Waals surface area contributed by atoms with Crippen LogP contribution >= 0.6 is 0 Å². The van der Waals surface area contributed by atoms with Gasteiger partial charge in [-0.05, 0) is 67.6 Å². The lowest BCUT2D eigenvalue weighted by molar-refractivity contribution is -0.137. The Bertz CT molecular complexity index is 1060. The molecule has 34 heavy (non-hydrogen) atoms. The van der Waals surface area contributed by atoms with E-state index in [1.807, 2.05) is 25.1 Å². The summed E-state index contributed by atoms with van der Waals surface area (Å²) in [5.41, 5.74) is 8.33. The standard InChI is InChI=1S/C26H31N3O5/c1-2-18-7-10-20(11-8-18)25(33)29-22-12-9-19(6-4-3-5-14-27)16-21(22)26(34)28(17-23(29)30)15-13-24(31)32/h7-12,16H,2-6,13-15,17,27H2,1H3,(H,31,32). The van der Waals surface area contributed by atoms with Crippen LogP contribution in [0.4, 0.5) is 5.69 Å². The summed E-state index contributed by atoms with van der Waals surface area (Å²) < 4.78 is 0. The molecular formula is C26H31N3O5. The molecule has 0 radical (unpaired) electrons. The number of fused-ring (bicyclic) bond motifs is 1. The lowest BCUT2D eigenvalue weighted by Gasteiger charge is -2.21. The van der Waals surface area contributed by atoms with Crippen molar-refractivity contribution in [2.75, 3.05) is 24.5 Å². The van der Waals surface area contributed by atoms with Crippen LogP contribution in [0.2, 0.25) is 0 Å². The van der Waals surface area contributed by atoms with Crippen molar-refractivity contribution < 1.29 is 24.3 Å². The maximum absolute atomic E-state index is 13.4. The van der Waals surface area contributed by atoms with E-state index in [0.29, 0.717) is 12.1 Å². The van der Waals surface area contributed by atoms with Gasteiger partial charge >= 0.3 is 5.97 Å². The number of imide groups is 1. The summed E-state index contributed by atoms with van der Waals surface area (Å²) in [6, 6.07) is 12.2. The lowest BCUT2D eigenvalue weighted by Crippen LogP contribution is -2.42. The van der Waals surface area contributed by atoms with E-state index >= 15 is 0 Å². The van der Waals surface area contributed by atoms with Gasteiger partial charge in [-0.25, -0.2) is 4.90 Å². The van der Waals surface area contributed by atoms with Crippen LogP contribution in [0, 0.1) is 0 Å². The molecule has 2 aromatic rings. The molecule has 3 N–H and O–H groups in total. The first-order valence-electron chi connectivity index (χ1n) is 11.7. The Morgan fingerprint density at radius 1 is 1.00 bits per heavy atom. The number of nitrogens with two attached hydrogens (primary N) is 1. The van der Waals surface area contributed by atoms with E-state index in [-0.39, 0.29) is 30.8 Å². The summed E-state index contributed by atoms with van der Waals surface area (Å²) in [6.07, 6.45) is 4.04. The number of unbranched alkanes of at least 4 members (excludes halogenated alkanes) is 2. The molecule has 0 aliphatic carbocycles. The topological polar surface area (TPSA) is 121 Å². The maximum atomic E-state index is 13.4. The zero-order valence-electron chi connectivity index (χ0n) is 19.5. The molecular weight excluding hydrogens is 434 g/mol. The van der Waals surface area contributed by atoms with E-state index in [1.165, 1.54) is 4.90 Å². The van der Waals surface area contributed by atoms with E-state index in [9.17, 15) is 19.2 Å². The van der Waals surface area contributed by atoms with Crippen molar-refractivity contribution in [1.29, 1.82) is 0 Å². The summed E-state index contributed by atoms with van der Waals surface area (Å²) >= 11 is 0. The molecule has 3 rings (SSSR count). The van der Waals surface area contributed by atoms with Crippen molar-refractivity contribution >= 4 is 29.4 Å². The number of nitrogens with zero attached hydrogens (tertiary/aromatic N) is 2. The second-order valence-corrected chi connectivity index (χ2v) is 8.41. The molecule has 0 fully saturated rings. The Morgan fingerprint density at radius 2 is 1.71 bits per heavy atom. The first-order chi connectivity index (χ1) is 16.3. The molecule has 1 aliphatic heterocycles. The van der Waals surface area contributed by atoms with Gasteiger partial charge in [0.1, 0.15) is 6.54 Å². The van der Waals surface area contributed by atoms with Gasteiger partial charge in [-0.1, -0.05) is 31.5 Å². The Balaban J connectivity index is 1.99. The van der Waals surface area contributed by atoms with Crippen molar-refractivity contribution in [3.05, 3.63) is 64.7 Å². The van der Waals surface area contributed by atoms with Crippen LogP contribution in [0.25, 0.3) is 0 Å². The normalized spacial score (nSPS) is 13.6. The predicted octanol–water partition coefficient (Wildman–Crippen LogP) is 3.02. The molecule has 0 spiro atoms. The molecule has 0 saturated heterocycles. The Kier molecular flexibility index (Phi) is 8.54. The van der Waals surface area contributed by atoms with Gasteiger partial charge in [-0.15, -0.1) is 0 Å². The molecule has 8 nitrogen and oxygen atoms in total. The number of amides is 3. The third kappa shape index (κ3) is 5.88. The number of anilines is 1. The zero-order chi connectivity index (χ0) is 24.7. The Hall–Kier alpha value is -3.52. The molecule has 180 valence electrons. The lowest BCUT2D eigenvalue weighted by atomic mass is 10.0. The average molecular weight is 466 g/mol. The second-order valence-electron chi connectivity index (χ2n) is 8.41. The van der Waals surface area contributed by atoms with E-state index in [2.05, 4.69) is 0 Å². The number of rotatable bonds is 10. The first-order valence-corrected chi connectivity index (χ1v) is 11.7. The molecule has 1 aliphatic rings. The summed E-state index contributed by atoms with van der Waals surface area (Å²) in [5, 5.41) is 9.08. The van der Waals surface area contributed by atoms with Gasteiger partial charge in [0.2, 0.25) is 0 Å². The minimum absolute atomic E-state index is 0.118. The number of carbonyl (C=O) groups is 4. The average Bonchev–Trinajstić information content (AvgIpc) is 2.94. The third-order valence-corrected chi connectivity index (χ3v) is 5.97. The second kappa shape index (κ2) is 11.6. The SMILES string of the molecule is CCc1ccc(C(=O)N2C(=O)CN(CCC(=O)O)C(=O)c3cc(CCCCCN)ccc32)cc1. The van der Waals surface area contributed by atoms with Gasteiger partial charge in [0, 0.05) is 12.1 Å². The van der Waals surface area contributed by atoms with Gasteiger partial charge in [-0.3, -0.25) is 19.2 Å². The van der Waals surface area contributed by atoms with Crippen LogP contribution in [0.1, 0.15) is 64.4 Å². The number of carbonyl (C=O) groups excluding carboxylic acids is 3. The quantitative estimate of drug-likeness (QED) is 0.411. The number of benzene rings is 2. The first kappa shape index (κ1) is 25.1. The fourth-order valence-electron chi connectivity index (χ4n) is 4.01. The van der Waals surface area contributed by atoms with Gasteiger partial charge < -0.3 is 15.7 Å². The number of aliphatic carboxylic acids is 1. The molecule has 8 heteroatoms. The summed E-state index contributed by atoms with van der Waals surface area (Å²) in [4.78, 5) is 53.3. The van der Waals surface area contributed by atoms with Crippen LogP contribution in [-0.2, 0) is 22.4 Å². The highest BCUT2D eigenvalue weighted by atomic mass is 16.4. The summed E-state index contributed by atoms with van der Waals surface area (Å²) in [7, 11) is 0.